The van der Waals surface area contributed by atoms with Crippen molar-refractivity contribution in [3.05, 3.63) is 64.2 Å². The first-order chi connectivity index (χ1) is 15.3. The normalized spacial score (nSPS) is 14.5. The lowest BCUT2D eigenvalue weighted by Gasteiger charge is -2.25. The molecule has 0 spiro atoms. The molecule has 0 unspecified atom stereocenters. The summed E-state index contributed by atoms with van der Waals surface area (Å²) in [7, 11) is -3.49. The smallest absolute Gasteiger partial charge is 0.313 e. The molecule has 0 radical (unpaired) electrons. The van der Waals surface area contributed by atoms with Crippen LogP contribution in [-0.2, 0) is 26.0 Å². The van der Waals surface area contributed by atoms with E-state index in [2.05, 4.69) is 10.6 Å². The van der Waals surface area contributed by atoms with E-state index in [0.29, 0.717) is 19.5 Å². The van der Waals surface area contributed by atoms with E-state index in [-0.39, 0.29) is 22.8 Å². The van der Waals surface area contributed by atoms with Crippen molar-refractivity contribution in [3.8, 4) is 0 Å². The molecule has 0 bridgehead atoms. The Morgan fingerprint density at radius 3 is 2.16 bits per heavy atom. The van der Waals surface area contributed by atoms with Crippen LogP contribution in [0.4, 0.5) is 11.4 Å². The largest absolute Gasteiger partial charge is 0.347 e. The van der Waals surface area contributed by atoms with Gasteiger partial charge < -0.3 is 10.6 Å². The molecule has 32 heavy (non-hydrogen) atoms. The Hall–Kier alpha value is -3.31. The molecule has 1 heterocycles. The van der Waals surface area contributed by atoms with Crippen LogP contribution in [0.5, 0.6) is 0 Å². The van der Waals surface area contributed by atoms with Gasteiger partial charge in [-0.3, -0.25) is 19.7 Å². The molecule has 1 aliphatic heterocycles. The third-order valence-corrected chi connectivity index (χ3v) is 7.03. The van der Waals surface area contributed by atoms with Gasteiger partial charge in [0.1, 0.15) is 0 Å². The van der Waals surface area contributed by atoms with Gasteiger partial charge in [-0.25, -0.2) is 8.42 Å². The van der Waals surface area contributed by atoms with Gasteiger partial charge in [0.05, 0.1) is 9.82 Å². The van der Waals surface area contributed by atoms with E-state index in [1.807, 2.05) is 0 Å². The number of hydrogen-bond donors (Lipinski definition) is 2. The molecule has 2 amide bonds. The fourth-order valence-corrected chi connectivity index (χ4v) is 4.85. The van der Waals surface area contributed by atoms with Gasteiger partial charge in [0.15, 0.2) is 0 Å². The van der Waals surface area contributed by atoms with E-state index in [0.717, 1.165) is 24.8 Å². The Bertz CT molecular complexity index is 1080. The predicted molar refractivity (Wildman–Crippen MR) is 117 cm³/mol. The molecule has 170 valence electrons. The second kappa shape index (κ2) is 10.3. The zero-order valence-electron chi connectivity index (χ0n) is 17.3. The monoisotopic (exact) mass is 460 g/mol. The van der Waals surface area contributed by atoms with E-state index < -0.39 is 26.8 Å². The fourth-order valence-electron chi connectivity index (χ4n) is 3.34. The van der Waals surface area contributed by atoms with Crippen LogP contribution in [0.2, 0.25) is 0 Å². The summed E-state index contributed by atoms with van der Waals surface area (Å²) in [6.45, 7) is 1.26. The SMILES string of the molecule is O=C(NCCc1ccc(S(=O)(=O)N2CCCCC2)cc1)C(=O)Nc1ccc([N+](=O)[O-])cc1. The maximum atomic E-state index is 12.7. The molecule has 3 rings (SSSR count). The third-order valence-electron chi connectivity index (χ3n) is 5.12. The van der Waals surface area contributed by atoms with Crippen LogP contribution in [-0.4, -0.2) is 49.1 Å². The lowest BCUT2D eigenvalue weighted by atomic mass is 10.1. The average Bonchev–Trinajstić information content (AvgIpc) is 2.80. The van der Waals surface area contributed by atoms with Gasteiger partial charge in [0.2, 0.25) is 10.0 Å². The Labute approximate surface area is 185 Å². The van der Waals surface area contributed by atoms with E-state index in [1.165, 1.54) is 28.6 Å². The Morgan fingerprint density at radius 2 is 1.56 bits per heavy atom. The highest BCUT2D eigenvalue weighted by atomic mass is 32.2. The van der Waals surface area contributed by atoms with Crippen LogP contribution >= 0.6 is 0 Å². The first-order valence-electron chi connectivity index (χ1n) is 10.2. The summed E-state index contributed by atoms with van der Waals surface area (Å²) in [5.74, 6) is -1.73. The van der Waals surface area contributed by atoms with Crippen molar-refractivity contribution in [3.63, 3.8) is 0 Å². The van der Waals surface area contributed by atoms with Crippen molar-refractivity contribution in [1.82, 2.24) is 9.62 Å². The number of nitro groups is 1. The van der Waals surface area contributed by atoms with Crippen LogP contribution in [0.3, 0.4) is 0 Å². The second-order valence-corrected chi connectivity index (χ2v) is 9.31. The number of hydrogen-bond acceptors (Lipinski definition) is 6. The van der Waals surface area contributed by atoms with Crippen LogP contribution in [0.25, 0.3) is 0 Å². The molecule has 0 saturated carbocycles. The number of rotatable bonds is 7. The summed E-state index contributed by atoms with van der Waals surface area (Å²) in [6.07, 6.45) is 3.20. The predicted octanol–water partition coefficient (Wildman–Crippen LogP) is 2.07. The van der Waals surface area contributed by atoms with Crippen molar-refractivity contribution in [1.29, 1.82) is 0 Å². The Kier molecular flexibility index (Phi) is 7.54. The van der Waals surface area contributed by atoms with Crippen LogP contribution in [0, 0.1) is 10.1 Å². The van der Waals surface area contributed by atoms with E-state index in [4.69, 9.17) is 0 Å². The zero-order chi connectivity index (χ0) is 23.1. The lowest BCUT2D eigenvalue weighted by molar-refractivity contribution is -0.384. The van der Waals surface area contributed by atoms with E-state index in [1.54, 1.807) is 24.3 Å². The number of nitrogens with one attached hydrogen (secondary N) is 2. The number of carbonyl (C=O) groups is 2. The third kappa shape index (κ3) is 5.89. The minimum atomic E-state index is -3.49. The van der Waals surface area contributed by atoms with Crippen molar-refractivity contribution in [2.75, 3.05) is 25.0 Å². The topological polar surface area (TPSA) is 139 Å². The number of carbonyl (C=O) groups excluding carboxylic acids is 2. The number of anilines is 1. The lowest BCUT2D eigenvalue weighted by Crippen LogP contribution is -2.36. The van der Waals surface area contributed by atoms with E-state index >= 15 is 0 Å². The fraction of sp³-hybridized carbons (Fsp3) is 0.333. The summed E-state index contributed by atoms with van der Waals surface area (Å²) in [6, 6.07) is 11.6. The van der Waals surface area contributed by atoms with Gasteiger partial charge in [0, 0.05) is 37.5 Å². The zero-order valence-corrected chi connectivity index (χ0v) is 18.1. The molecule has 1 aliphatic rings. The van der Waals surface area contributed by atoms with Gasteiger partial charge in [-0.1, -0.05) is 18.6 Å². The number of non-ortho nitro benzene ring substituents is 1. The summed E-state index contributed by atoms with van der Waals surface area (Å²) < 4.78 is 26.8. The summed E-state index contributed by atoms with van der Waals surface area (Å²) >= 11 is 0. The van der Waals surface area contributed by atoms with Gasteiger partial charge in [-0.05, 0) is 49.1 Å². The molecule has 2 aromatic rings. The van der Waals surface area contributed by atoms with E-state index in [9.17, 15) is 28.1 Å². The second-order valence-electron chi connectivity index (χ2n) is 7.37. The molecule has 10 nitrogen and oxygen atoms in total. The van der Waals surface area contributed by atoms with Gasteiger partial charge in [0.25, 0.3) is 5.69 Å². The van der Waals surface area contributed by atoms with Gasteiger partial charge in [-0.15, -0.1) is 0 Å². The number of benzene rings is 2. The van der Waals surface area contributed by atoms with Crippen molar-refractivity contribution in [2.24, 2.45) is 0 Å². The van der Waals surface area contributed by atoms with Crippen LogP contribution < -0.4 is 10.6 Å². The molecule has 2 aromatic carbocycles. The highest BCUT2D eigenvalue weighted by molar-refractivity contribution is 7.89. The van der Waals surface area contributed by atoms with Crippen molar-refractivity contribution >= 4 is 33.2 Å². The molecular formula is C21H24N4O6S. The number of nitrogens with zero attached hydrogens (tertiary/aromatic N) is 2. The van der Waals surface area contributed by atoms with Gasteiger partial charge >= 0.3 is 11.8 Å². The van der Waals surface area contributed by atoms with Gasteiger partial charge in [-0.2, -0.15) is 4.31 Å². The molecule has 1 fully saturated rings. The van der Waals surface area contributed by atoms with Crippen molar-refractivity contribution in [2.45, 2.75) is 30.6 Å². The molecule has 11 heteroatoms. The Morgan fingerprint density at radius 1 is 0.938 bits per heavy atom. The maximum Gasteiger partial charge on any atom is 0.313 e. The number of piperidine rings is 1. The molecule has 2 N–H and O–H groups in total. The highest BCUT2D eigenvalue weighted by Gasteiger charge is 2.25. The quantitative estimate of drug-likeness (QED) is 0.368. The molecule has 0 aliphatic carbocycles. The number of amides is 2. The minimum Gasteiger partial charge on any atom is -0.347 e. The molecule has 1 saturated heterocycles. The molecule has 0 aromatic heterocycles. The Balaban J connectivity index is 1.47. The average molecular weight is 461 g/mol. The first-order valence-corrected chi connectivity index (χ1v) is 11.6. The number of nitro benzene ring substituents is 1. The van der Waals surface area contributed by atoms with Crippen LogP contribution in [0.1, 0.15) is 24.8 Å². The highest BCUT2D eigenvalue weighted by Crippen LogP contribution is 2.21. The maximum absolute atomic E-state index is 12.7. The first kappa shape index (κ1) is 23.4. The molecule has 0 atom stereocenters. The van der Waals surface area contributed by atoms with Crippen molar-refractivity contribution < 1.29 is 22.9 Å². The minimum absolute atomic E-state index is 0.123. The summed E-state index contributed by atoms with van der Waals surface area (Å²) in [4.78, 5) is 34.2. The molecular weight excluding hydrogens is 436 g/mol. The van der Waals surface area contributed by atoms with Crippen LogP contribution in [0.15, 0.2) is 53.4 Å². The number of sulfonamides is 1. The standard InChI is InChI=1S/C21H24N4O6S/c26-20(21(27)23-17-6-8-18(9-7-17)25(28)29)22-13-12-16-4-10-19(11-5-16)32(30,31)24-14-2-1-3-15-24/h4-11H,1-3,12-15H2,(H,22,26)(H,23,27). The summed E-state index contributed by atoms with van der Waals surface area (Å²) in [5, 5.41) is 15.5. The summed E-state index contributed by atoms with van der Waals surface area (Å²) in [5.41, 5.74) is 0.960.